The molecule has 19 heavy (non-hydrogen) atoms. The fraction of sp³-hybridized carbons (Fsp3) is 0. The van der Waals surface area contributed by atoms with Gasteiger partial charge in [-0.2, -0.15) is 0 Å². The van der Waals surface area contributed by atoms with Crippen LogP contribution in [0.25, 0.3) is 0 Å². The molecule has 98 valence electrons. The van der Waals surface area contributed by atoms with Gasteiger partial charge in [-0.1, -0.05) is 0 Å². The zero-order valence-corrected chi connectivity index (χ0v) is 10.8. The summed E-state index contributed by atoms with van der Waals surface area (Å²) in [5.74, 6) is -1.56. The lowest BCUT2D eigenvalue weighted by atomic mass is 10.2. The molecule has 0 fully saturated rings. The second kappa shape index (κ2) is 5.19. The minimum atomic E-state index is -0.895. The molecule has 0 radical (unpaired) electrons. The molecule has 0 spiro atoms. The topological polar surface area (TPSA) is 85.4 Å². The summed E-state index contributed by atoms with van der Waals surface area (Å²) in [7, 11) is 0. The number of nitro benzene ring substituents is 1. The molecule has 8 heteroatoms. The predicted octanol–water partition coefficient (Wildman–Crippen LogP) is 3.34. The number of amides is 1. The van der Waals surface area contributed by atoms with E-state index in [1.54, 1.807) is 0 Å². The van der Waals surface area contributed by atoms with Gasteiger partial charge < -0.3 is 9.73 Å². The van der Waals surface area contributed by atoms with Crippen molar-refractivity contribution in [3.8, 4) is 0 Å². The van der Waals surface area contributed by atoms with Crippen molar-refractivity contribution in [2.45, 2.75) is 0 Å². The monoisotopic (exact) mass is 328 g/mol. The molecule has 1 aromatic carbocycles. The van der Waals surface area contributed by atoms with Gasteiger partial charge in [0.05, 0.1) is 16.7 Å². The normalized spacial score (nSPS) is 10.2. The second-order valence-corrected chi connectivity index (χ2v) is 4.26. The first-order chi connectivity index (χ1) is 8.97. The average molecular weight is 329 g/mol. The SMILES string of the molecule is O=C(Nc1ccc([N+](=O)[O-])cc1F)c1ccc(Br)o1. The third kappa shape index (κ3) is 2.97. The van der Waals surface area contributed by atoms with Crippen molar-refractivity contribution in [1.29, 1.82) is 0 Å². The van der Waals surface area contributed by atoms with Gasteiger partial charge in [0.2, 0.25) is 0 Å². The fourth-order valence-electron chi connectivity index (χ4n) is 1.34. The standard InChI is InChI=1S/C11H6BrFN2O4/c12-10-4-3-9(19-10)11(16)14-8-2-1-6(15(17)18)5-7(8)13/h1-5H,(H,14,16). The Balaban J connectivity index is 2.20. The number of anilines is 1. The van der Waals surface area contributed by atoms with E-state index in [0.717, 1.165) is 18.2 Å². The molecule has 0 bridgehead atoms. The van der Waals surface area contributed by atoms with Crippen LogP contribution < -0.4 is 5.32 Å². The number of nitrogens with one attached hydrogen (secondary N) is 1. The van der Waals surface area contributed by atoms with Crippen LogP contribution in [0.15, 0.2) is 39.4 Å². The largest absolute Gasteiger partial charge is 0.444 e. The van der Waals surface area contributed by atoms with Gasteiger partial charge in [0, 0.05) is 6.07 Å². The van der Waals surface area contributed by atoms with Gasteiger partial charge in [-0.05, 0) is 34.1 Å². The Morgan fingerprint density at radius 1 is 1.37 bits per heavy atom. The van der Waals surface area contributed by atoms with Crippen LogP contribution in [0.3, 0.4) is 0 Å². The molecule has 1 amide bonds. The third-order valence-electron chi connectivity index (χ3n) is 2.21. The Kier molecular flexibility index (Phi) is 3.61. The van der Waals surface area contributed by atoms with E-state index >= 15 is 0 Å². The minimum Gasteiger partial charge on any atom is -0.444 e. The highest BCUT2D eigenvalue weighted by molar-refractivity contribution is 9.10. The zero-order valence-electron chi connectivity index (χ0n) is 9.22. The molecular formula is C11H6BrFN2O4. The molecule has 2 rings (SSSR count). The summed E-state index contributed by atoms with van der Waals surface area (Å²) >= 11 is 3.03. The number of benzene rings is 1. The molecule has 0 atom stereocenters. The molecule has 0 saturated carbocycles. The summed E-state index contributed by atoms with van der Waals surface area (Å²) in [5.41, 5.74) is -0.556. The van der Waals surface area contributed by atoms with Crippen molar-refractivity contribution in [3.05, 3.63) is 56.7 Å². The number of nitro groups is 1. The number of rotatable bonds is 3. The molecule has 0 saturated heterocycles. The first kappa shape index (κ1) is 13.2. The lowest BCUT2D eigenvalue weighted by molar-refractivity contribution is -0.385. The average Bonchev–Trinajstić information content (AvgIpc) is 2.78. The summed E-state index contributed by atoms with van der Waals surface area (Å²) < 4.78 is 18.9. The zero-order chi connectivity index (χ0) is 14.0. The number of non-ortho nitro benzene ring substituents is 1. The molecule has 1 heterocycles. The van der Waals surface area contributed by atoms with E-state index in [1.807, 2.05) is 0 Å². The minimum absolute atomic E-state index is 0.00960. The first-order valence-corrected chi connectivity index (χ1v) is 5.77. The number of hydrogen-bond donors (Lipinski definition) is 1. The molecule has 1 aromatic heterocycles. The van der Waals surface area contributed by atoms with Crippen LogP contribution in [0.5, 0.6) is 0 Å². The maximum atomic E-state index is 13.5. The molecule has 0 aliphatic rings. The van der Waals surface area contributed by atoms with Gasteiger partial charge >= 0.3 is 0 Å². The van der Waals surface area contributed by atoms with E-state index in [0.29, 0.717) is 4.67 Å². The van der Waals surface area contributed by atoms with E-state index in [9.17, 15) is 19.3 Å². The maximum Gasteiger partial charge on any atom is 0.291 e. The van der Waals surface area contributed by atoms with Crippen LogP contribution in [-0.4, -0.2) is 10.8 Å². The predicted molar refractivity (Wildman–Crippen MR) is 67.4 cm³/mol. The number of furan rings is 1. The molecule has 0 aliphatic heterocycles. The van der Waals surface area contributed by atoms with Crippen molar-refractivity contribution < 1.29 is 18.5 Å². The van der Waals surface area contributed by atoms with E-state index in [4.69, 9.17) is 4.42 Å². The number of carbonyl (C=O) groups excluding carboxylic acids is 1. The summed E-state index contributed by atoms with van der Waals surface area (Å²) in [4.78, 5) is 21.4. The third-order valence-corrected chi connectivity index (χ3v) is 2.63. The number of halogens is 2. The summed E-state index contributed by atoms with van der Waals surface area (Å²) in [6.07, 6.45) is 0. The molecule has 6 nitrogen and oxygen atoms in total. The highest BCUT2D eigenvalue weighted by Gasteiger charge is 2.15. The van der Waals surface area contributed by atoms with Crippen LogP contribution in [0, 0.1) is 15.9 Å². The lowest BCUT2D eigenvalue weighted by Gasteiger charge is -2.04. The summed E-state index contributed by atoms with van der Waals surface area (Å²) in [6, 6.07) is 5.86. The van der Waals surface area contributed by atoms with Crippen molar-refractivity contribution in [3.63, 3.8) is 0 Å². The van der Waals surface area contributed by atoms with Crippen LogP contribution >= 0.6 is 15.9 Å². The van der Waals surface area contributed by atoms with Crippen molar-refractivity contribution in [2.75, 3.05) is 5.32 Å². The molecule has 0 aliphatic carbocycles. The number of hydrogen-bond acceptors (Lipinski definition) is 4. The van der Waals surface area contributed by atoms with Crippen LogP contribution in [0.4, 0.5) is 15.8 Å². The van der Waals surface area contributed by atoms with E-state index in [-0.39, 0.29) is 11.4 Å². The Morgan fingerprint density at radius 3 is 2.63 bits per heavy atom. The smallest absolute Gasteiger partial charge is 0.291 e. The number of carbonyl (C=O) groups is 1. The van der Waals surface area contributed by atoms with Crippen LogP contribution in [0.2, 0.25) is 0 Å². The van der Waals surface area contributed by atoms with Crippen molar-refractivity contribution in [1.82, 2.24) is 0 Å². The highest BCUT2D eigenvalue weighted by Crippen LogP contribution is 2.22. The molecule has 1 N–H and O–H groups in total. The summed E-state index contributed by atoms with van der Waals surface area (Å²) in [6.45, 7) is 0. The van der Waals surface area contributed by atoms with Crippen LogP contribution in [0.1, 0.15) is 10.6 Å². The number of nitrogens with zero attached hydrogens (tertiary/aromatic N) is 1. The van der Waals surface area contributed by atoms with Gasteiger partial charge in [-0.15, -0.1) is 0 Å². The van der Waals surface area contributed by atoms with Gasteiger partial charge in [0.25, 0.3) is 11.6 Å². The molecular weight excluding hydrogens is 323 g/mol. The quantitative estimate of drug-likeness (QED) is 0.691. The fourth-order valence-corrected chi connectivity index (χ4v) is 1.65. The second-order valence-electron chi connectivity index (χ2n) is 3.48. The maximum absolute atomic E-state index is 13.5. The highest BCUT2D eigenvalue weighted by atomic mass is 79.9. The first-order valence-electron chi connectivity index (χ1n) is 4.98. The van der Waals surface area contributed by atoms with Gasteiger partial charge in [0.1, 0.15) is 0 Å². The molecule has 0 unspecified atom stereocenters. The van der Waals surface area contributed by atoms with E-state index in [1.165, 1.54) is 12.1 Å². The van der Waals surface area contributed by atoms with Gasteiger partial charge in [0.15, 0.2) is 16.2 Å². The van der Waals surface area contributed by atoms with Crippen LogP contribution in [-0.2, 0) is 0 Å². The lowest BCUT2D eigenvalue weighted by Crippen LogP contribution is -2.12. The van der Waals surface area contributed by atoms with E-state index in [2.05, 4.69) is 21.2 Å². The van der Waals surface area contributed by atoms with Crippen molar-refractivity contribution in [2.24, 2.45) is 0 Å². The van der Waals surface area contributed by atoms with Crippen molar-refractivity contribution >= 4 is 33.2 Å². The van der Waals surface area contributed by atoms with E-state index < -0.39 is 22.3 Å². The molecule has 2 aromatic rings. The Morgan fingerprint density at radius 2 is 2.11 bits per heavy atom. The van der Waals surface area contributed by atoms with Gasteiger partial charge in [-0.25, -0.2) is 4.39 Å². The Labute approximate surface area is 114 Å². The Hall–Kier alpha value is -2.22. The van der Waals surface area contributed by atoms with Gasteiger partial charge in [-0.3, -0.25) is 14.9 Å². The Bertz CT molecular complexity index is 656. The summed E-state index contributed by atoms with van der Waals surface area (Å²) in [5, 5.41) is 12.7.